The molecule has 4 heteroatoms. The zero-order valence-electron chi connectivity index (χ0n) is 16.4. The summed E-state index contributed by atoms with van der Waals surface area (Å²) >= 11 is 0. The van der Waals surface area contributed by atoms with Gasteiger partial charge in [0.25, 0.3) is 5.91 Å². The summed E-state index contributed by atoms with van der Waals surface area (Å²) in [5.41, 5.74) is 5.92. The van der Waals surface area contributed by atoms with Crippen molar-refractivity contribution in [3.05, 3.63) is 107 Å². The van der Waals surface area contributed by atoms with Crippen molar-refractivity contribution in [2.75, 3.05) is 0 Å². The number of amides is 1. The Bertz CT molecular complexity index is 1100. The molecule has 0 spiro atoms. The van der Waals surface area contributed by atoms with E-state index in [4.69, 9.17) is 4.74 Å². The summed E-state index contributed by atoms with van der Waals surface area (Å²) in [5, 5.41) is 3.98. The summed E-state index contributed by atoms with van der Waals surface area (Å²) in [6.07, 6.45) is 0. The average Bonchev–Trinajstić information content (AvgIpc) is 3.09. The fraction of sp³-hybridized carbons (Fsp3) is 0.160. The zero-order valence-corrected chi connectivity index (χ0v) is 16.4. The molecule has 0 bridgehead atoms. The second-order valence-electron chi connectivity index (χ2n) is 7.15. The molecule has 0 saturated carbocycles. The first-order chi connectivity index (χ1) is 14.2. The van der Waals surface area contributed by atoms with Crippen molar-refractivity contribution in [1.29, 1.82) is 0 Å². The number of carbonyl (C=O) groups excluding carboxylic acids is 1. The highest BCUT2D eigenvalue weighted by molar-refractivity contribution is 6.08. The summed E-state index contributed by atoms with van der Waals surface area (Å²) < 4.78 is 5.77. The van der Waals surface area contributed by atoms with Gasteiger partial charge in [-0.2, -0.15) is 0 Å². The summed E-state index contributed by atoms with van der Waals surface area (Å²) in [6.45, 7) is 3.58. The molecule has 1 aromatic heterocycles. The minimum atomic E-state index is -0.0600. The Morgan fingerprint density at radius 3 is 2.21 bits per heavy atom. The number of nitrogens with one attached hydrogen (secondary N) is 2. The van der Waals surface area contributed by atoms with Gasteiger partial charge in [0.1, 0.15) is 0 Å². The third-order valence-electron chi connectivity index (χ3n) is 4.98. The highest BCUT2D eigenvalue weighted by Gasteiger charge is 2.15. The molecule has 0 aliphatic carbocycles. The number of hydrogen-bond donors (Lipinski definition) is 2. The van der Waals surface area contributed by atoms with Gasteiger partial charge in [-0.3, -0.25) is 4.79 Å². The number of fused-ring (bicyclic) bond motifs is 1. The van der Waals surface area contributed by atoms with Gasteiger partial charge in [0.15, 0.2) is 0 Å². The van der Waals surface area contributed by atoms with Crippen LogP contribution in [0.2, 0.25) is 0 Å². The SMILES string of the molecule is Cc1[nH]c2ccccc2c1C(=O)NCc1ccc(COCc2ccccc2)cc1. The predicted octanol–water partition coefficient (Wildman–Crippen LogP) is 5.12. The second kappa shape index (κ2) is 8.76. The first-order valence-electron chi connectivity index (χ1n) is 9.76. The van der Waals surface area contributed by atoms with E-state index in [1.807, 2.05) is 73.7 Å². The van der Waals surface area contributed by atoms with E-state index in [0.29, 0.717) is 25.3 Å². The second-order valence-corrected chi connectivity index (χ2v) is 7.15. The van der Waals surface area contributed by atoms with Crippen molar-refractivity contribution in [3.8, 4) is 0 Å². The maximum Gasteiger partial charge on any atom is 0.253 e. The lowest BCUT2D eigenvalue weighted by Gasteiger charge is -2.08. The van der Waals surface area contributed by atoms with Crippen molar-refractivity contribution in [2.24, 2.45) is 0 Å². The van der Waals surface area contributed by atoms with Crippen LogP contribution in [0.3, 0.4) is 0 Å². The van der Waals surface area contributed by atoms with Crippen LogP contribution in [-0.4, -0.2) is 10.9 Å². The number of para-hydroxylation sites is 1. The molecule has 4 nitrogen and oxygen atoms in total. The van der Waals surface area contributed by atoms with E-state index in [1.165, 1.54) is 5.56 Å². The predicted molar refractivity (Wildman–Crippen MR) is 116 cm³/mol. The van der Waals surface area contributed by atoms with E-state index in [1.54, 1.807) is 0 Å². The Labute approximate surface area is 170 Å². The number of H-pyrrole nitrogens is 1. The van der Waals surface area contributed by atoms with Crippen molar-refractivity contribution in [2.45, 2.75) is 26.7 Å². The molecule has 0 radical (unpaired) electrons. The maximum atomic E-state index is 12.7. The van der Waals surface area contributed by atoms with E-state index < -0.39 is 0 Å². The average molecular weight is 384 g/mol. The van der Waals surface area contributed by atoms with Crippen LogP contribution in [0.15, 0.2) is 78.9 Å². The Morgan fingerprint density at radius 1 is 0.828 bits per heavy atom. The van der Waals surface area contributed by atoms with E-state index >= 15 is 0 Å². The van der Waals surface area contributed by atoms with Gasteiger partial charge in [-0.15, -0.1) is 0 Å². The van der Waals surface area contributed by atoms with Crippen LogP contribution < -0.4 is 5.32 Å². The molecule has 146 valence electrons. The molecule has 1 heterocycles. The summed E-state index contributed by atoms with van der Waals surface area (Å²) in [4.78, 5) is 16.0. The van der Waals surface area contributed by atoms with Crippen molar-refractivity contribution in [1.82, 2.24) is 10.3 Å². The molecule has 1 amide bonds. The quantitative estimate of drug-likeness (QED) is 0.464. The Kier molecular flexibility index (Phi) is 5.73. The number of benzene rings is 3. The smallest absolute Gasteiger partial charge is 0.253 e. The normalized spacial score (nSPS) is 10.9. The molecular weight excluding hydrogens is 360 g/mol. The summed E-state index contributed by atoms with van der Waals surface area (Å²) in [5.74, 6) is -0.0600. The highest BCUT2D eigenvalue weighted by Crippen LogP contribution is 2.21. The molecule has 2 N–H and O–H groups in total. The molecule has 29 heavy (non-hydrogen) atoms. The van der Waals surface area contributed by atoms with Crippen molar-refractivity contribution < 1.29 is 9.53 Å². The molecular formula is C25H24N2O2. The number of carbonyl (C=O) groups is 1. The molecule has 0 unspecified atom stereocenters. The van der Waals surface area contributed by atoms with Crippen LogP contribution in [0.25, 0.3) is 10.9 Å². The summed E-state index contributed by atoms with van der Waals surface area (Å²) in [7, 11) is 0. The maximum absolute atomic E-state index is 12.7. The fourth-order valence-corrected chi connectivity index (χ4v) is 3.45. The standard InChI is InChI=1S/C25H24N2O2/c1-18-24(22-9-5-6-10-23(22)27-18)25(28)26-15-19-11-13-21(14-12-19)17-29-16-20-7-3-2-4-8-20/h2-14,27H,15-17H2,1H3,(H,26,28). The largest absolute Gasteiger partial charge is 0.372 e. The number of hydrogen-bond acceptors (Lipinski definition) is 2. The van der Waals surface area contributed by atoms with Gasteiger partial charge in [0.2, 0.25) is 0 Å². The lowest BCUT2D eigenvalue weighted by atomic mass is 10.1. The Morgan fingerprint density at radius 2 is 1.45 bits per heavy atom. The molecule has 4 aromatic rings. The Balaban J connectivity index is 1.32. The molecule has 0 atom stereocenters. The minimum Gasteiger partial charge on any atom is -0.372 e. The van der Waals surface area contributed by atoms with Gasteiger partial charge in [-0.05, 0) is 29.7 Å². The van der Waals surface area contributed by atoms with Gasteiger partial charge >= 0.3 is 0 Å². The third kappa shape index (κ3) is 4.55. The monoisotopic (exact) mass is 384 g/mol. The highest BCUT2D eigenvalue weighted by atomic mass is 16.5. The number of aromatic amines is 1. The molecule has 0 fully saturated rings. The van der Waals surface area contributed by atoms with Crippen LogP contribution in [0.4, 0.5) is 0 Å². The van der Waals surface area contributed by atoms with Gasteiger partial charge in [-0.25, -0.2) is 0 Å². The van der Waals surface area contributed by atoms with Gasteiger partial charge < -0.3 is 15.0 Å². The number of rotatable bonds is 7. The first-order valence-corrected chi connectivity index (χ1v) is 9.76. The third-order valence-corrected chi connectivity index (χ3v) is 4.98. The lowest BCUT2D eigenvalue weighted by Crippen LogP contribution is -2.23. The number of aromatic nitrogens is 1. The number of aryl methyl sites for hydroxylation is 1. The van der Waals surface area contributed by atoms with E-state index in [-0.39, 0.29) is 5.91 Å². The molecule has 4 rings (SSSR count). The summed E-state index contributed by atoms with van der Waals surface area (Å²) in [6, 6.07) is 26.2. The molecule has 3 aromatic carbocycles. The first kappa shape index (κ1) is 19.0. The van der Waals surface area contributed by atoms with E-state index in [2.05, 4.69) is 22.4 Å². The van der Waals surface area contributed by atoms with E-state index in [9.17, 15) is 4.79 Å². The fourth-order valence-electron chi connectivity index (χ4n) is 3.45. The zero-order chi connectivity index (χ0) is 20.1. The van der Waals surface area contributed by atoms with Crippen molar-refractivity contribution in [3.63, 3.8) is 0 Å². The van der Waals surface area contributed by atoms with Gasteiger partial charge in [0.05, 0.1) is 18.8 Å². The van der Waals surface area contributed by atoms with Crippen LogP contribution in [0.1, 0.15) is 32.7 Å². The van der Waals surface area contributed by atoms with Crippen LogP contribution >= 0.6 is 0 Å². The minimum absolute atomic E-state index is 0.0600. The topological polar surface area (TPSA) is 54.1 Å². The molecule has 0 saturated heterocycles. The lowest BCUT2D eigenvalue weighted by molar-refractivity contribution is 0.0952. The van der Waals surface area contributed by atoms with Crippen molar-refractivity contribution >= 4 is 16.8 Å². The molecule has 0 aliphatic rings. The van der Waals surface area contributed by atoms with E-state index in [0.717, 1.165) is 27.7 Å². The van der Waals surface area contributed by atoms with Crippen LogP contribution in [0.5, 0.6) is 0 Å². The van der Waals surface area contributed by atoms with Gasteiger partial charge in [0, 0.05) is 23.1 Å². The van der Waals surface area contributed by atoms with Gasteiger partial charge in [-0.1, -0.05) is 72.8 Å². The molecule has 0 aliphatic heterocycles. The van der Waals surface area contributed by atoms with Crippen LogP contribution in [0, 0.1) is 6.92 Å². The number of ether oxygens (including phenoxy) is 1. The Hall–Kier alpha value is -3.37. The van der Waals surface area contributed by atoms with Crippen LogP contribution in [-0.2, 0) is 24.5 Å².